The lowest BCUT2D eigenvalue weighted by Gasteiger charge is -2.43. The molecule has 0 aromatic heterocycles. The Bertz CT molecular complexity index is 465. The third kappa shape index (κ3) is 5.65. The molecular formula is C15H23NO7. The van der Waals surface area contributed by atoms with Crippen molar-refractivity contribution in [3.63, 3.8) is 0 Å². The van der Waals surface area contributed by atoms with Gasteiger partial charge in [0.15, 0.2) is 12.2 Å². The Morgan fingerprint density at radius 3 is 2.09 bits per heavy atom. The number of rotatable bonds is 6. The number of carbonyl (C=O) groups is 3. The van der Waals surface area contributed by atoms with Gasteiger partial charge in [0.05, 0.1) is 12.1 Å². The maximum atomic E-state index is 11.4. The van der Waals surface area contributed by atoms with Crippen LogP contribution in [0.2, 0.25) is 0 Å². The van der Waals surface area contributed by atoms with E-state index in [2.05, 4.69) is 6.58 Å². The smallest absolute Gasteiger partial charge is 0.303 e. The third-order valence-electron chi connectivity index (χ3n) is 3.30. The molecule has 0 aromatic carbocycles. The zero-order valence-electron chi connectivity index (χ0n) is 13.5. The van der Waals surface area contributed by atoms with Gasteiger partial charge in [-0.2, -0.15) is 0 Å². The van der Waals surface area contributed by atoms with Crippen LogP contribution in [-0.4, -0.2) is 55.0 Å². The van der Waals surface area contributed by atoms with Gasteiger partial charge in [-0.15, -0.1) is 6.58 Å². The SMILES string of the molecule is C=CC[C@@H]1O[C@H](COC(C)=O)[C@H](OC(C)=O)[C@H](OC(C)=O)[C@H]1N. The zero-order valence-corrected chi connectivity index (χ0v) is 13.5. The molecule has 1 aliphatic heterocycles. The molecule has 2 N–H and O–H groups in total. The number of hydrogen-bond acceptors (Lipinski definition) is 8. The molecule has 0 spiro atoms. The van der Waals surface area contributed by atoms with E-state index in [4.69, 9.17) is 24.7 Å². The molecule has 1 fully saturated rings. The monoisotopic (exact) mass is 329 g/mol. The van der Waals surface area contributed by atoms with Gasteiger partial charge in [-0.1, -0.05) is 6.08 Å². The van der Waals surface area contributed by atoms with Crippen LogP contribution < -0.4 is 5.73 Å². The van der Waals surface area contributed by atoms with E-state index in [0.29, 0.717) is 6.42 Å². The quantitative estimate of drug-likeness (QED) is 0.414. The highest BCUT2D eigenvalue weighted by Gasteiger charge is 2.48. The lowest BCUT2D eigenvalue weighted by molar-refractivity contribution is -0.219. The molecule has 0 saturated carbocycles. The number of carbonyl (C=O) groups excluding carboxylic acids is 3. The highest BCUT2D eigenvalue weighted by molar-refractivity contribution is 5.68. The minimum atomic E-state index is -0.966. The molecule has 23 heavy (non-hydrogen) atoms. The average molecular weight is 329 g/mol. The summed E-state index contributed by atoms with van der Waals surface area (Å²) in [6.07, 6.45) is -1.16. The predicted octanol–water partition coefficient (Wildman–Crippen LogP) is 0.0837. The van der Waals surface area contributed by atoms with E-state index in [-0.39, 0.29) is 6.61 Å². The van der Waals surface area contributed by atoms with Gasteiger partial charge >= 0.3 is 17.9 Å². The van der Waals surface area contributed by atoms with Crippen molar-refractivity contribution in [3.8, 4) is 0 Å². The second-order valence-corrected chi connectivity index (χ2v) is 5.27. The van der Waals surface area contributed by atoms with Crippen molar-refractivity contribution in [1.29, 1.82) is 0 Å². The van der Waals surface area contributed by atoms with Crippen LogP contribution in [-0.2, 0) is 33.3 Å². The van der Waals surface area contributed by atoms with Crippen molar-refractivity contribution >= 4 is 17.9 Å². The van der Waals surface area contributed by atoms with Gasteiger partial charge < -0.3 is 24.7 Å². The molecule has 1 saturated heterocycles. The summed E-state index contributed by atoms with van der Waals surface area (Å²) >= 11 is 0. The second-order valence-electron chi connectivity index (χ2n) is 5.27. The normalized spacial score (nSPS) is 30.2. The molecule has 1 rings (SSSR count). The van der Waals surface area contributed by atoms with Crippen LogP contribution in [0.1, 0.15) is 27.2 Å². The third-order valence-corrected chi connectivity index (χ3v) is 3.30. The molecule has 0 amide bonds. The van der Waals surface area contributed by atoms with Crippen molar-refractivity contribution in [3.05, 3.63) is 12.7 Å². The summed E-state index contributed by atoms with van der Waals surface area (Å²) in [5.41, 5.74) is 6.09. The van der Waals surface area contributed by atoms with Crippen molar-refractivity contribution in [2.75, 3.05) is 6.61 Å². The maximum Gasteiger partial charge on any atom is 0.303 e. The molecule has 0 aliphatic carbocycles. The lowest BCUT2D eigenvalue weighted by Crippen LogP contribution is -2.64. The Morgan fingerprint density at radius 1 is 1.04 bits per heavy atom. The average Bonchev–Trinajstić information content (AvgIpc) is 2.43. The highest BCUT2D eigenvalue weighted by Crippen LogP contribution is 2.27. The fraction of sp³-hybridized carbons (Fsp3) is 0.667. The number of esters is 3. The van der Waals surface area contributed by atoms with Crippen LogP contribution in [0.25, 0.3) is 0 Å². The molecule has 0 aromatic rings. The van der Waals surface area contributed by atoms with Crippen LogP contribution in [0.5, 0.6) is 0 Å². The largest absolute Gasteiger partial charge is 0.463 e. The molecule has 1 heterocycles. The Balaban J connectivity index is 3.04. The Labute approximate surface area is 134 Å². The van der Waals surface area contributed by atoms with Crippen molar-refractivity contribution in [1.82, 2.24) is 0 Å². The van der Waals surface area contributed by atoms with Gasteiger partial charge in [0.1, 0.15) is 12.7 Å². The Kier molecular flexibility index (Phi) is 7.18. The summed E-state index contributed by atoms with van der Waals surface area (Å²) in [4.78, 5) is 33.8. The van der Waals surface area contributed by atoms with E-state index < -0.39 is 48.4 Å². The Hall–Kier alpha value is -1.93. The molecule has 130 valence electrons. The van der Waals surface area contributed by atoms with E-state index in [1.165, 1.54) is 20.8 Å². The fourth-order valence-corrected chi connectivity index (χ4v) is 2.42. The molecule has 0 unspecified atom stereocenters. The highest BCUT2D eigenvalue weighted by atomic mass is 16.6. The van der Waals surface area contributed by atoms with E-state index in [9.17, 15) is 14.4 Å². The minimum Gasteiger partial charge on any atom is -0.463 e. The van der Waals surface area contributed by atoms with E-state index in [1.807, 2.05) is 0 Å². The number of hydrogen-bond donors (Lipinski definition) is 1. The predicted molar refractivity (Wildman–Crippen MR) is 79.2 cm³/mol. The lowest BCUT2D eigenvalue weighted by atomic mass is 9.91. The fourth-order valence-electron chi connectivity index (χ4n) is 2.42. The first-order chi connectivity index (χ1) is 10.8. The van der Waals surface area contributed by atoms with Crippen molar-refractivity contribution in [2.24, 2.45) is 5.73 Å². The minimum absolute atomic E-state index is 0.147. The Morgan fingerprint density at radius 2 is 1.61 bits per heavy atom. The van der Waals surface area contributed by atoms with Gasteiger partial charge in [0.2, 0.25) is 0 Å². The van der Waals surface area contributed by atoms with Crippen LogP contribution >= 0.6 is 0 Å². The summed E-state index contributed by atoms with van der Waals surface area (Å²) < 4.78 is 21.2. The summed E-state index contributed by atoms with van der Waals surface area (Å²) in [6, 6.07) is -0.713. The molecule has 8 heteroatoms. The summed E-state index contributed by atoms with van der Waals surface area (Å²) in [7, 11) is 0. The van der Waals surface area contributed by atoms with E-state index in [0.717, 1.165) is 0 Å². The van der Waals surface area contributed by atoms with Crippen LogP contribution in [0.15, 0.2) is 12.7 Å². The van der Waals surface area contributed by atoms with E-state index >= 15 is 0 Å². The van der Waals surface area contributed by atoms with Gasteiger partial charge in [-0.3, -0.25) is 14.4 Å². The summed E-state index contributed by atoms with van der Waals surface area (Å²) in [5.74, 6) is -1.65. The molecule has 8 nitrogen and oxygen atoms in total. The first kappa shape index (κ1) is 19.1. The molecule has 0 bridgehead atoms. The zero-order chi connectivity index (χ0) is 17.6. The van der Waals surface area contributed by atoms with Crippen LogP contribution in [0.4, 0.5) is 0 Å². The van der Waals surface area contributed by atoms with Crippen molar-refractivity contribution in [2.45, 2.75) is 57.6 Å². The summed E-state index contributed by atoms with van der Waals surface area (Å²) in [6.45, 7) is 7.18. The number of ether oxygens (including phenoxy) is 4. The van der Waals surface area contributed by atoms with Gasteiger partial charge in [0, 0.05) is 20.8 Å². The second kappa shape index (κ2) is 8.64. The van der Waals surface area contributed by atoms with E-state index in [1.54, 1.807) is 6.08 Å². The molecule has 5 atom stereocenters. The first-order valence-corrected chi connectivity index (χ1v) is 7.26. The molecular weight excluding hydrogens is 306 g/mol. The van der Waals surface area contributed by atoms with Gasteiger partial charge in [-0.05, 0) is 6.42 Å². The standard InChI is InChI=1S/C15H23NO7/c1-5-6-11-13(16)15(22-10(4)19)14(21-9(3)18)12(23-11)7-20-8(2)17/h5,11-15H,1,6-7,16H2,2-4H3/t11-,12+,13-,14-,15+/m0/s1. The number of nitrogens with two attached hydrogens (primary N) is 1. The first-order valence-electron chi connectivity index (χ1n) is 7.26. The van der Waals surface area contributed by atoms with Gasteiger partial charge in [0.25, 0.3) is 0 Å². The molecule has 0 radical (unpaired) electrons. The topological polar surface area (TPSA) is 114 Å². The summed E-state index contributed by atoms with van der Waals surface area (Å²) in [5, 5.41) is 0. The maximum absolute atomic E-state index is 11.4. The van der Waals surface area contributed by atoms with Crippen LogP contribution in [0.3, 0.4) is 0 Å². The van der Waals surface area contributed by atoms with Gasteiger partial charge in [-0.25, -0.2) is 0 Å². The molecule has 1 aliphatic rings. The van der Waals surface area contributed by atoms with Crippen molar-refractivity contribution < 1.29 is 33.3 Å². The van der Waals surface area contributed by atoms with Crippen LogP contribution in [0, 0.1) is 0 Å².